The normalized spacial score (nSPS) is 16.6. The topological polar surface area (TPSA) is 123 Å². The second kappa shape index (κ2) is 10.4. The molecule has 2 N–H and O–H groups in total. The molecule has 1 aliphatic heterocycles. The summed E-state index contributed by atoms with van der Waals surface area (Å²) >= 11 is 0. The lowest BCUT2D eigenvalue weighted by Crippen LogP contribution is -2.48. The number of amides is 1. The zero-order valence-corrected chi connectivity index (χ0v) is 18.4. The first-order valence-corrected chi connectivity index (χ1v) is 11.4. The SMILES string of the molecule is COc1ccc(S(=O)(=O)NCCC(=O)NC2CCCN(c3ncccn3)C2)cc1OC. The lowest BCUT2D eigenvalue weighted by Gasteiger charge is -2.33. The van der Waals surface area contributed by atoms with E-state index in [1.165, 1.54) is 32.4 Å². The minimum atomic E-state index is -3.78. The van der Waals surface area contributed by atoms with Crippen LogP contribution in [0.3, 0.4) is 0 Å². The summed E-state index contributed by atoms with van der Waals surface area (Å²) in [5, 5.41) is 2.97. The van der Waals surface area contributed by atoms with Crippen molar-refractivity contribution in [3.63, 3.8) is 0 Å². The van der Waals surface area contributed by atoms with E-state index in [0.717, 1.165) is 19.4 Å². The van der Waals surface area contributed by atoms with Crippen LogP contribution < -0.4 is 24.4 Å². The van der Waals surface area contributed by atoms with E-state index in [-0.39, 0.29) is 29.8 Å². The first-order chi connectivity index (χ1) is 14.9. The number of methoxy groups -OCH3 is 2. The number of hydrogen-bond donors (Lipinski definition) is 2. The van der Waals surface area contributed by atoms with Crippen molar-refractivity contribution in [3.8, 4) is 11.5 Å². The maximum absolute atomic E-state index is 12.5. The molecule has 0 radical (unpaired) electrons. The Bertz CT molecular complexity index is 987. The maximum Gasteiger partial charge on any atom is 0.240 e. The van der Waals surface area contributed by atoms with Crippen LogP contribution in [0.25, 0.3) is 0 Å². The van der Waals surface area contributed by atoms with Gasteiger partial charge in [-0.15, -0.1) is 0 Å². The molecule has 0 spiro atoms. The van der Waals surface area contributed by atoms with Crippen molar-refractivity contribution in [1.82, 2.24) is 20.0 Å². The average Bonchev–Trinajstić information content (AvgIpc) is 2.79. The van der Waals surface area contributed by atoms with Gasteiger partial charge in [0.25, 0.3) is 0 Å². The Labute approximate surface area is 182 Å². The van der Waals surface area contributed by atoms with E-state index < -0.39 is 10.0 Å². The molecule has 0 saturated carbocycles. The second-order valence-corrected chi connectivity index (χ2v) is 8.83. The van der Waals surface area contributed by atoms with E-state index in [9.17, 15) is 13.2 Å². The van der Waals surface area contributed by atoms with Crippen molar-refractivity contribution in [3.05, 3.63) is 36.7 Å². The molecule has 0 aliphatic carbocycles. The van der Waals surface area contributed by atoms with Crippen molar-refractivity contribution in [1.29, 1.82) is 0 Å². The van der Waals surface area contributed by atoms with E-state index in [0.29, 0.717) is 24.0 Å². The molecule has 1 aromatic heterocycles. The monoisotopic (exact) mass is 449 g/mol. The number of hydrogen-bond acceptors (Lipinski definition) is 8. The highest BCUT2D eigenvalue weighted by atomic mass is 32.2. The summed E-state index contributed by atoms with van der Waals surface area (Å²) in [6.07, 6.45) is 5.18. The number of aromatic nitrogens is 2. The van der Waals surface area contributed by atoms with Gasteiger partial charge in [-0.1, -0.05) is 0 Å². The molecule has 3 rings (SSSR count). The fourth-order valence-electron chi connectivity index (χ4n) is 3.40. The zero-order chi connectivity index (χ0) is 22.3. The lowest BCUT2D eigenvalue weighted by atomic mass is 10.1. The average molecular weight is 450 g/mol. The molecule has 0 bridgehead atoms. The quantitative estimate of drug-likeness (QED) is 0.580. The van der Waals surface area contributed by atoms with Gasteiger partial charge in [-0.2, -0.15) is 0 Å². The van der Waals surface area contributed by atoms with E-state index in [1.807, 2.05) is 4.90 Å². The summed E-state index contributed by atoms with van der Waals surface area (Å²) in [5.41, 5.74) is 0. The zero-order valence-electron chi connectivity index (χ0n) is 17.6. The van der Waals surface area contributed by atoms with E-state index >= 15 is 0 Å². The number of carbonyl (C=O) groups is 1. The lowest BCUT2D eigenvalue weighted by molar-refractivity contribution is -0.121. The molecular weight excluding hydrogens is 422 g/mol. The molecular formula is C20H27N5O5S. The molecule has 2 aromatic rings. The molecule has 2 heterocycles. The Balaban J connectivity index is 1.49. The van der Waals surface area contributed by atoms with Crippen LogP contribution in [0, 0.1) is 0 Å². The van der Waals surface area contributed by atoms with Crippen molar-refractivity contribution >= 4 is 21.9 Å². The standard InChI is InChI=1S/C20H27N5O5S/c1-29-17-7-6-16(13-18(17)30-2)31(27,28)23-11-8-19(26)24-15-5-3-12-25(14-15)20-21-9-4-10-22-20/h4,6-7,9-10,13,15,23H,3,5,8,11-12,14H2,1-2H3,(H,24,26). The Morgan fingerprint density at radius 1 is 1.19 bits per heavy atom. The largest absolute Gasteiger partial charge is 0.493 e. The first kappa shape index (κ1) is 22.8. The number of nitrogens with zero attached hydrogens (tertiary/aromatic N) is 3. The van der Waals surface area contributed by atoms with Crippen molar-refractivity contribution in [2.45, 2.75) is 30.2 Å². The van der Waals surface area contributed by atoms with Crippen LogP contribution in [0.2, 0.25) is 0 Å². The van der Waals surface area contributed by atoms with E-state index in [1.54, 1.807) is 18.5 Å². The van der Waals surface area contributed by atoms with Gasteiger partial charge < -0.3 is 19.7 Å². The molecule has 1 fully saturated rings. The third-order valence-electron chi connectivity index (χ3n) is 4.93. The van der Waals surface area contributed by atoms with Crippen LogP contribution >= 0.6 is 0 Å². The summed E-state index contributed by atoms with van der Waals surface area (Å²) in [5.74, 6) is 1.18. The summed E-state index contributed by atoms with van der Waals surface area (Å²) in [6, 6.07) is 6.05. The van der Waals surface area contributed by atoms with E-state index in [4.69, 9.17) is 9.47 Å². The van der Waals surface area contributed by atoms with Crippen molar-refractivity contribution in [2.24, 2.45) is 0 Å². The van der Waals surface area contributed by atoms with Crippen LogP contribution in [0.4, 0.5) is 5.95 Å². The Kier molecular flexibility index (Phi) is 7.64. The first-order valence-electron chi connectivity index (χ1n) is 9.96. The fraction of sp³-hybridized carbons (Fsp3) is 0.450. The number of carbonyl (C=O) groups excluding carboxylic acids is 1. The number of benzene rings is 1. The fourth-order valence-corrected chi connectivity index (χ4v) is 4.44. The molecule has 168 valence electrons. The van der Waals surface area contributed by atoms with Crippen LogP contribution in [0.1, 0.15) is 19.3 Å². The van der Waals surface area contributed by atoms with E-state index in [2.05, 4.69) is 20.0 Å². The minimum Gasteiger partial charge on any atom is -0.493 e. The van der Waals surface area contributed by atoms with Gasteiger partial charge in [0.05, 0.1) is 19.1 Å². The molecule has 1 saturated heterocycles. The van der Waals surface area contributed by atoms with Gasteiger partial charge >= 0.3 is 0 Å². The van der Waals surface area contributed by atoms with Gasteiger partial charge in [-0.3, -0.25) is 4.79 Å². The van der Waals surface area contributed by atoms with Crippen LogP contribution in [0.15, 0.2) is 41.6 Å². The summed E-state index contributed by atoms with van der Waals surface area (Å²) in [4.78, 5) is 22.9. The number of piperidine rings is 1. The van der Waals surface area contributed by atoms with Gasteiger partial charge in [-0.05, 0) is 31.0 Å². The number of rotatable bonds is 9. The Morgan fingerprint density at radius 3 is 2.65 bits per heavy atom. The number of nitrogens with one attached hydrogen (secondary N) is 2. The molecule has 1 aromatic carbocycles. The molecule has 1 amide bonds. The molecule has 31 heavy (non-hydrogen) atoms. The maximum atomic E-state index is 12.5. The third kappa shape index (κ3) is 6.05. The molecule has 1 unspecified atom stereocenters. The van der Waals surface area contributed by atoms with Crippen LogP contribution in [0.5, 0.6) is 11.5 Å². The van der Waals surface area contributed by atoms with Crippen LogP contribution in [-0.2, 0) is 14.8 Å². The number of anilines is 1. The van der Waals surface area contributed by atoms with Crippen molar-refractivity contribution < 1.29 is 22.7 Å². The van der Waals surface area contributed by atoms with Gasteiger partial charge in [0.15, 0.2) is 11.5 Å². The predicted octanol–water partition coefficient (Wildman–Crippen LogP) is 0.947. The highest BCUT2D eigenvalue weighted by molar-refractivity contribution is 7.89. The molecule has 1 atom stereocenters. The van der Waals surface area contributed by atoms with Gasteiger partial charge in [0, 0.05) is 50.6 Å². The number of ether oxygens (including phenoxy) is 2. The molecule has 11 heteroatoms. The van der Waals surface area contributed by atoms with Gasteiger partial charge in [0.1, 0.15) is 0 Å². The summed E-state index contributed by atoms with van der Waals surface area (Å²) in [7, 11) is -0.875. The minimum absolute atomic E-state index is 0.0132. The van der Waals surface area contributed by atoms with Gasteiger partial charge in [-0.25, -0.2) is 23.1 Å². The predicted molar refractivity (Wildman–Crippen MR) is 115 cm³/mol. The molecule has 10 nitrogen and oxygen atoms in total. The Morgan fingerprint density at radius 2 is 1.94 bits per heavy atom. The second-order valence-electron chi connectivity index (χ2n) is 7.07. The van der Waals surface area contributed by atoms with Crippen LogP contribution in [-0.4, -0.2) is 64.2 Å². The highest BCUT2D eigenvalue weighted by Crippen LogP contribution is 2.29. The summed E-state index contributed by atoms with van der Waals surface area (Å²) < 4.78 is 37.7. The Hall–Kier alpha value is -2.92. The third-order valence-corrected chi connectivity index (χ3v) is 6.39. The van der Waals surface area contributed by atoms with Crippen molar-refractivity contribution in [2.75, 3.05) is 38.8 Å². The smallest absolute Gasteiger partial charge is 0.240 e. The number of sulfonamides is 1. The summed E-state index contributed by atoms with van der Waals surface area (Å²) in [6.45, 7) is 1.44. The molecule has 1 aliphatic rings. The highest BCUT2D eigenvalue weighted by Gasteiger charge is 2.23. The van der Waals surface area contributed by atoms with Gasteiger partial charge in [0.2, 0.25) is 21.9 Å².